The highest BCUT2D eigenvalue weighted by Crippen LogP contribution is 2.03. The fraction of sp³-hybridized carbons (Fsp3) is 0.750. The lowest BCUT2D eigenvalue weighted by Crippen LogP contribution is -2.34. The Morgan fingerprint density at radius 3 is 3.18 bits per heavy atom. The van der Waals surface area contributed by atoms with Gasteiger partial charge in [-0.2, -0.15) is 0 Å². The number of nitrogens with one attached hydrogen (secondary N) is 1. The molecule has 0 aromatic rings. The molecule has 0 aliphatic carbocycles. The topological polar surface area (TPSA) is 30.5 Å². The van der Waals surface area contributed by atoms with Crippen molar-refractivity contribution in [3.8, 4) is 0 Å². The zero-order valence-corrected chi connectivity index (χ0v) is 6.71. The van der Waals surface area contributed by atoms with Crippen LogP contribution < -0.4 is 5.32 Å². The van der Waals surface area contributed by atoms with Gasteiger partial charge < -0.3 is 14.8 Å². The maximum atomic E-state index is 5.31. The standard InChI is InChI=1S/C8H15NO2/c1-2-4-9-6-8-3-5-10-7-11-8/h2,8-9H,1,3-7H2. The van der Waals surface area contributed by atoms with Crippen molar-refractivity contribution in [3.63, 3.8) is 0 Å². The summed E-state index contributed by atoms with van der Waals surface area (Å²) in [7, 11) is 0. The first kappa shape index (κ1) is 8.71. The third-order valence-electron chi connectivity index (χ3n) is 1.63. The molecule has 1 heterocycles. The Balaban J connectivity index is 2.00. The van der Waals surface area contributed by atoms with Gasteiger partial charge in [-0.1, -0.05) is 6.08 Å². The molecule has 0 bridgehead atoms. The molecule has 11 heavy (non-hydrogen) atoms. The molecule has 3 heteroatoms. The van der Waals surface area contributed by atoms with Gasteiger partial charge in [-0.3, -0.25) is 0 Å². The fourth-order valence-electron chi connectivity index (χ4n) is 1.01. The van der Waals surface area contributed by atoms with Crippen molar-refractivity contribution in [3.05, 3.63) is 12.7 Å². The van der Waals surface area contributed by atoms with Gasteiger partial charge in [-0.05, 0) is 6.42 Å². The molecule has 1 aliphatic rings. The predicted octanol–water partition coefficient (Wildman–Crippen LogP) is 0.525. The van der Waals surface area contributed by atoms with E-state index in [0.717, 1.165) is 26.1 Å². The van der Waals surface area contributed by atoms with Crippen LogP contribution in [-0.2, 0) is 9.47 Å². The van der Waals surface area contributed by atoms with Gasteiger partial charge in [0.1, 0.15) is 6.79 Å². The molecule has 0 aromatic heterocycles. The largest absolute Gasteiger partial charge is 0.355 e. The highest BCUT2D eigenvalue weighted by Gasteiger charge is 2.12. The van der Waals surface area contributed by atoms with Crippen LogP contribution in [0.15, 0.2) is 12.7 Å². The second kappa shape index (κ2) is 5.29. The molecule has 1 aliphatic heterocycles. The van der Waals surface area contributed by atoms with Crippen LogP contribution in [-0.4, -0.2) is 32.6 Å². The van der Waals surface area contributed by atoms with E-state index in [0.29, 0.717) is 12.9 Å². The zero-order valence-electron chi connectivity index (χ0n) is 6.71. The van der Waals surface area contributed by atoms with Crippen LogP contribution in [0.4, 0.5) is 0 Å². The van der Waals surface area contributed by atoms with Gasteiger partial charge in [0.05, 0.1) is 12.7 Å². The van der Waals surface area contributed by atoms with Crippen LogP contribution in [0.1, 0.15) is 6.42 Å². The van der Waals surface area contributed by atoms with Crippen molar-refractivity contribution < 1.29 is 9.47 Å². The SMILES string of the molecule is C=CCNCC1CCOCO1. The summed E-state index contributed by atoms with van der Waals surface area (Å²) in [5.74, 6) is 0. The molecule has 0 radical (unpaired) electrons. The van der Waals surface area contributed by atoms with E-state index in [2.05, 4.69) is 11.9 Å². The molecular weight excluding hydrogens is 142 g/mol. The molecule has 64 valence electrons. The van der Waals surface area contributed by atoms with E-state index in [4.69, 9.17) is 9.47 Å². The van der Waals surface area contributed by atoms with E-state index < -0.39 is 0 Å². The number of hydrogen-bond acceptors (Lipinski definition) is 3. The molecule has 1 unspecified atom stereocenters. The molecule has 1 N–H and O–H groups in total. The normalized spacial score (nSPS) is 24.9. The van der Waals surface area contributed by atoms with Crippen molar-refractivity contribution in [2.75, 3.05) is 26.5 Å². The fourth-order valence-corrected chi connectivity index (χ4v) is 1.01. The van der Waals surface area contributed by atoms with Crippen LogP contribution in [0, 0.1) is 0 Å². The van der Waals surface area contributed by atoms with Gasteiger partial charge in [0.15, 0.2) is 0 Å². The molecule has 1 fully saturated rings. The van der Waals surface area contributed by atoms with Crippen molar-refractivity contribution in [1.29, 1.82) is 0 Å². The van der Waals surface area contributed by atoms with Crippen LogP contribution in [0.2, 0.25) is 0 Å². The summed E-state index contributed by atoms with van der Waals surface area (Å²) in [4.78, 5) is 0. The molecule has 3 nitrogen and oxygen atoms in total. The Hall–Kier alpha value is -0.380. The van der Waals surface area contributed by atoms with Crippen molar-refractivity contribution in [2.45, 2.75) is 12.5 Å². The highest BCUT2D eigenvalue weighted by molar-refractivity contribution is 4.72. The Morgan fingerprint density at radius 2 is 2.55 bits per heavy atom. The summed E-state index contributed by atoms with van der Waals surface area (Å²) < 4.78 is 10.3. The minimum atomic E-state index is 0.323. The first-order valence-corrected chi connectivity index (χ1v) is 3.94. The van der Waals surface area contributed by atoms with Gasteiger partial charge in [0.25, 0.3) is 0 Å². The molecular formula is C8H15NO2. The summed E-state index contributed by atoms with van der Waals surface area (Å²) in [6.07, 6.45) is 3.16. The van der Waals surface area contributed by atoms with E-state index in [1.54, 1.807) is 0 Å². The molecule has 0 aromatic carbocycles. The second-order valence-corrected chi connectivity index (χ2v) is 2.55. The Morgan fingerprint density at radius 1 is 1.64 bits per heavy atom. The van der Waals surface area contributed by atoms with Gasteiger partial charge in [0.2, 0.25) is 0 Å². The first-order chi connectivity index (χ1) is 5.43. The van der Waals surface area contributed by atoms with E-state index in [1.807, 2.05) is 6.08 Å². The van der Waals surface area contributed by atoms with E-state index in [9.17, 15) is 0 Å². The number of rotatable bonds is 4. The van der Waals surface area contributed by atoms with Crippen LogP contribution in [0.3, 0.4) is 0 Å². The van der Waals surface area contributed by atoms with E-state index >= 15 is 0 Å². The van der Waals surface area contributed by atoms with Crippen LogP contribution in [0.5, 0.6) is 0 Å². The molecule has 1 saturated heterocycles. The molecule has 0 saturated carbocycles. The highest BCUT2D eigenvalue weighted by atomic mass is 16.7. The molecule has 1 atom stereocenters. The first-order valence-electron chi connectivity index (χ1n) is 3.94. The van der Waals surface area contributed by atoms with Crippen molar-refractivity contribution in [1.82, 2.24) is 5.32 Å². The van der Waals surface area contributed by atoms with Crippen molar-refractivity contribution >= 4 is 0 Å². The summed E-state index contributed by atoms with van der Waals surface area (Å²) in [5.41, 5.74) is 0. The van der Waals surface area contributed by atoms with Crippen LogP contribution >= 0.6 is 0 Å². The number of hydrogen-bond donors (Lipinski definition) is 1. The van der Waals surface area contributed by atoms with Crippen molar-refractivity contribution in [2.24, 2.45) is 0 Å². The van der Waals surface area contributed by atoms with Gasteiger partial charge >= 0.3 is 0 Å². The lowest BCUT2D eigenvalue weighted by atomic mass is 10.2. The van der Waals surface area contributed by atoms with Gasteiger partial charge in [-0.25, -0.2) is 0 Å². The summed E-state index contributed by atoms with van der Waals surface area (Å²) in [6.45, 7) is 6.63. The average molecular weight is 157 g/mol. The summed E-state index contributed by atoms with van der Waals surface area (Å²) in [6, 6.07) is 0. The smallest absolute Gasteiger partial charge is 0.147 e. The summed E-state index contributed by atoms with van der Waals surface area (Å²) >= 11 is 0. The van der Waals surface area contributed by atoms with Gasteiger partial charge in [0, 0.05) is 13.1 Å². The molecule has 1 rings (SSSR count). The third-order valence-corrected chi connectivity index (χ3v) is 1.63. The maximum Gasteiger partial charge on any atom is 0.147 e. The zero-order chi connectivity index (χ0) is 7.94. The lowest BCUT2D eigenvalue weighted by Gasteiger charge is -2.22. The predicted molar refractivity (Wildman–Crippen MR) is 43.4 cm³/mol. The van der Waals surface area contributed by atoms with Gasteiger partial charge in [-0.15, -0.1) is 6.58 Å². The Labute approximate surface area is 67.4 Å². The monoisotopic (exact) mass is 157 g/mol. The molecule has 0 spiro atoms. The summed E-state index contributed by atoms with van der Waals surface area (Å²) in [5, 5.41) is 3.21. The van der Waals surface area contributed by atoms with E-state index in [-0.39, 0.29) is 0 Å². The maximum absolute atomic E-state index is 5.31. The van der Waals surface area contributed by atoms with E-state index in [1.165, 1.54) is 0 Å². The lowest BCUT2D eigenvalue weighted by molar-refractivity contribution is -0.136. The average Bonchev–Trinajstić information content (AvgIpc) is 2.07. The Kier molecular flexibility index (Phi) is 4.19. The Bertz CT molecular complexity index is 111. The van der Waals surface area contributed by atoms with Crippen LogP contribution in [0.25, 0.3) is 0 Å². The second-order valence-electron chi connectivity index (χ2n) is 2.55. The minimum absolute atomic E-state index is 0.323. The molecule has 0 amide bonds. The third kappa shape index (κ3) is 3.51. The quantitative estimate of drug-likeness (QED) is 0.477. The number of ether oxygens (including phenoxy) is 2. The minimum Gasteiger partial charge on any atom is -0.355 e.